The average Bonchev–Trinajstić information content (AvgIpc) is 3.57. The van der Waals surface area contributed by atoms with E-state index in [1.54, 1.807) is 15.6 Å². The van der Waals surface area contributed by atoms with Crippen molar-refractivity contribution in [2.45, 2.75) is 49.8 Å². The molecule has 3 heterocycles. The SMILES string of the molecule is COC(=O)[C@@H]1[C@H]2C[C@@H]([C@@]3(CCn4cc(-c5cccc(Cl)c5)nn4)C(=O)Nc4ccccc43)N(C#N)C[C@@H]2CC[C@@H]1O. The van der Waals surface area contributed by atoms with E-state index in [-0.39, 0.29) is 17.7 Å². The predicted octanol–water partition coefficient (Wildman–Crippen LogP) is 3.61. The Morgan fingerprint density at radius 3 is 2.88 bits per heavy atom. The van der Waals surface area contributed by atoms with E-state index in [1.165, 1.54) is 7.11 Å². The number of para-hydroxylation sites is 1. The van der Waals surface area contributed by atoms with Crippen molar-refractivity contribution < 1.29 is 19.4 Å². The van der Waals surface area contributed by atoms with Crippen LogP contribution in [0.25, 0.3) is 11.3 Å². The Balaban J connectivity index is 1.37. The second kappa shape index (κ2) is 10.8. The summed E-state index contributed by atoms with van der Waals surface area (Å²) in [6.45, 7) is 0.772. The number of likely N-dealkylation sites (tertiary alicyclic amines) is 1. The van der Waals surface area contributed by atoms with Crippen LogP contribution in [0.15, 0.2) is 54.7 Å². The molecule has 2 aliphatic heterocycles. The van der Waals surface area contributed by atoms with Gasteiger partial charge in [-0.2, -0.15) is 5.26 Å². The third-order valence-electron chi connectivity index (χ3n) is 9.24. The summed E-state index contributed by atoms with van der Waals surface area (Å²) in [5, 5.41) is 33.5. The summed E-state index contributed by atoms with van der Waals surface area (Å²) in [4.78, 5) is 28.6. The first-order valence-electron chi connectivity index (χ1n) is 13.8. The van der Waals surface area contributed by atoms with Crippen molar-refractivity contribution in [1.29, 1.82) is 5.26 Å². The summed E-state index contributed by atoms with van der Waals surface area (Å²) < 4.78 is 6.80. The van der Waals surface area contributed by atoms with Gasteiger partial charge >= 0.3 is 5.97 Å². The third-order valence-corrected chi connectivity index (χ3v) is 9.48. The number of benzene rings is 2. The maximum atomic E-state index is 14.0. The number of nitrogens with zero attached hydrogens (tertiary/aromatic N) is 5. The highest BCUT2D eigenvalue weighted by Gasteiger charge is 2.58. The molecule has 0 unspecified atom stereocenters. The smallest absolute Gasteiger partial charge is 0.311 e. The van der Waals surface area contributed by atoms with Gasteiger partial charge in [0.05, 0.1) is 36.8 Å². The summed E-state index contributed by atoms with van der Waals surface area (Å²) in [6, 6.07) is 14.4. The number of nitrogens with one attached hydrogen (secondary N) is 1. The van der Waals surface area contributed by atoms with Crippen LogP contribution in [0.1, 0.15) is 31.2 Å². The Morgan fingerprint density at radius 2 is 2.10 bits per heavy atom. The maximum absolute atomic E-state index is 14.0. The van der Waals surface area contributed by atoms with Crippen LogP contribution in [-0.4, -0.2) is 62.7 Å². The minimum Gasteiger partial charge on any atom is -0.469 e. The molecular formula is C30H31ClN6O4. The largest absolute Gasteiger partial charge is 0.469 e. The topological polar surface area (TPSA) is 133 Å². The summed E-state index contributed by atoms with van der Waals surface area (Å²) >= 11 is 6.17. The number of halogens is 1. The molecule has 0 spiro atoms. The molecule has 1 saturated carbocycles. The van der Waals surface area contributed by atoms with Gasteiger partial charge in [0.1, 0.15) is 5.69 Å². The molecule has 1 aromatic heterocycles. The number of esters is 1. The molecule has 1 amide bonds. The van der Waals surface area contributed by atoms with Gasteiger partial charge in [-0.3, -0.25) is 14.3 Å². The molecule has 0 radical (unpaired) electrons. The molecule has 0 bridgehead atoms. The monoisotopic (exact) mass is 574 g/mol. The molecule has 2 N–H and O–H groups in total. The van der Waals surface area contributed by atoms with Crippen molar-refractivity contribution in [2.24, 2.45) is 17.8 Å². The molecule has 11 heteroatoms. The number of aryl methyl sites for hydroxylation is 1. The van der Waals surface area contributed by atoms with Crippen molar-refractivity contribution in [1.82, 2.24) is 19.9 Å². The molecule has 2 fully saturated rings. The number of amides is 1. The van der Waals surface area contributed by atoms with Crippen molar-refractivity contribution in [3.8, 4) is 17.5 Å². The van der Waals surface area contributed by atoms with Crippen LogP contribution >= 0.6 is 11.6 Å². The number of anilines is 1. The first-order chi connectivity index (χ1) is 19.8. The first-order valence-corrected chi connectivity index (χ1v) is 14.2. The summed E-state index contributed by atoms with van der Waals surface area (Å²) in [5.41, 5.74) is 1.93. The number of ether oxygens (including phenoxy) is 1. The molecular weight excluding hydrogens is 544 g/mol. The quantitative estimate of drug-likeness (QED) is 0.337. The van der Waals surface area contributed by atoms with Crippen LogP contribution in [0.5, 0.6) is 0 Å². The summed E-state index contributed by atoms with van der Waals surface area (Å²) in [7, 11) is 1.33. The molecule has 1 aliphatic carbocycles. The van der Waals surface area contributed by atoms with Gasteiger partial charge in [-0.15, -0.1) is 5.10 Å². The normalized spacial score (nSPS) is 28.8. The molecule has 41 heavy (non-hydrogen) atoms. The Bertz CT molecular complexity index is 1520. The van der Waals surface area contributed by atoms with Gasteiger partial charge in [-0.05, 0) is 61.3 Å². The molecule has 2 aromatic carbocycles. The average molecular weight is 575 g/mol. The third kappa shape index (κ3) is 4.63. The Morgan fingerprint density at radius 1 is 1.27 bits per heavy atom. The van der Waals surface area contributed by atoms with Crippen LogP contribution in [0.4, 0.5) is 5.69 Å². The number of rotatable bonds is 6. The highest BCUT2D eigenvalue weighted by Crippen LogP contribution is 2.51. The van der Waals surface area contributed by atoms with Crippen molar-refractivity contribution >= 4 is 29.2 Å². The summed E-state index contributed by atoms with van der Waals surface area (Å²) in [6.07, 6.45) is 5.28. The fraction of sp³-hybridized carbons (Fsp3) is 0.433. The van der Waals surface area contributed by atoms with Gasteiger partial charge < -0.3 is 20.1 Å². The van der Waals surface area contributed by atoms with E-state index < -0.39 is 29.4 Å². The number of nitriles is 1. The highest BCUT2D eigenvalue weighted by molar-refractivity contribution is 6.30. The predicted molar refractivity (Wildman–Crippen MR) is 150 cm³/mol. The number of aromatic nitrogens is 3. The van der Waals surface area contributed by atoms with Gasteiger partial charge in [0.15, 0.2) is 6.19 Å². The summed E-state index contributed by atoms with van der Waals surface area (Å²) in [5.74, 6) is -1.53. The van der Waals surface area contributed by atoms with E-state index in [2.05, 4.69) is 21.8 Å². The second-order valence-corrected chi connectivity index (χ2v) is 11.7. The number of carbonyl (C=O) groups is 2. The van der Waals surface area contributed by atoms with Crippen molar-refractivity contribution in [2.75, 3.05) is 19.0 Å². The van der Waals surface area contributed by atoms with Crippen molar-refractivity contribution in [3.63, 3.8) is 0 Å². The zero-order valence-corrected chi connectivity index (χ0v) is 23.4. The zero-order valence-electron chi connectivity index (χ0n) is 22.6. The number of methoxy groups -OCH3 is 1. The van der Waals surface area contributed by atoms with Crippen LogP contribution in [0, 0.1) is 29.2 Å². The maximum Gasteiger partial charge on any atom is 0.311 e. The Labute approximate surface area is 242 Å². The lowest BCUT2D eigenvalue weighted by Gasteiger charge is -2.52. The lowest BCUT2D eigenvalue weighted by atomic mass is 9.60. The fourth-order valence-electron chi connectivity index (χ4n) is 7.29. The number of aliphatic hydroxyl groups is 1. The zero-order chi connectivity index (χ0) is 28.7. The number of carbonyl (C=O) groups excluding carboxylic acids is 2. The van der Waals surface area contributed by atoms with Crippen LogP contribution < -0.4 is 5.32 Å². The molecule has 3 aromatic rings. The lowest BCUT2D eigenvalue weighted by Crippen LogP contribution is -2.61. The van der Waals surface area contributed by atoms with Gasteiger partial charge in [-0.25, -0.2) is 0 Å². The van der Waals surface area contributed by atoms with E-state index in [0.29, 0.717) is 55.2 Å². The number of piperidine rings is 1. The second-order valence-electron chi connectivity index (χ2n) is 11.2. The van der Waals surface area contributed by atoms with E-state index in [0.717, 1.165) is 11.1 Å². The van der Waals surface area contributed by atoms with Crippen LogP contribution in [0.3, 0.4) is 0 Å². The van der Waals surface area contributed by atoms with Gasteiger partial charge in [0.2, 0.25) is 5.91 Å². The van der Waals surface area contributed by atoms with E-state index in [4.69, 9.17) is 16.3 Å². The van der Waals surface area contributed by atoms with Gasteiger partial charge in [-0.1, -0.05) is 47.1 Å². The molecule has 10 nitrogen and oxygen atoms in total. The number of hydrogen-bond donors (Lipinski definition) is 2. The molecule has 6 atom stereocenters. The first kappa shape index (κ1) is 27.2. The van der Waals surface area contributed by atoms with Gasteiger partial charge in [0, 0.05) is 29.4 Å². The Hall–Kier alpha value is -3.94. The molecule has 6 rings (SSSR count). The fourth-order valence-corrected chi connectivity index (χ4v) is 7.49. The lowest BCUT2D eigenvalue weighted by molar-refractivity contribution is -0.160. The standard InChI is InChI=1S/C30H31ClN6O4/c1-41-28(39)27-21-14-26(36(17-32)15-19(21)9-10-25(27)38)30(22-7-2-3-8-23(22)33-29(30)40)11-12-37-16-24(34-35-37)18-5-4-6-20(31)13-18/h2-8,13,16,19,21,25-27,38H,9-12,14-15H2,1H3,(H,33,40)/t19-,21-,25-,26-,27+,30-/m0/s1. The van der Waals surface area contributed by atoms with E-state index >= 15 is 0 Å². The number of aliphatic hydroxyl groups excluding tert-OH is 1. The molecule has 212 valence electrons. The van der Waals surface area contributed by atoms with Crippen molar-refractivity contribution in [3.05, 3.63) is 65.3 Å². The minimum atomic E-state index is -1.09. The van der Waals surface area contributed by atoms with E-state index in [1.807, 2.05) is 48.7 Å². The number of hydrogen-bond acceptors (Lipinski definition) is 8. The Kier molecular flexibility index (Phi) is 7.18. The number of fused-ring (bicyclic) bond motifs is 2. The van der Waals surface area contributed by atoms with E-state index in [9.17, 15) is 20.0 Å². The minimum absolute atomic E-state index is 0.0331. The van der Waals surface area contributed by atoms with Gasteiger partial charge in [0.25, 0.3) is 0 Å². The molecule has 1 saturated heterocycles. The van der Waals surface area contributed by atoms with Crippen LogP contribution in [0.2, 0.25) is 5.02 Å². The van der Waals surface area contributed by atoms with Crippen LogP contribution in [-0.2, 0) is 26.3 Å². The highest BCUT2D eigenvalue weighted by atomic mass is 35.5. The molecule has 3 aliphatic rings.